The van der Waals surface area contributed by atoms with Crippen LogP contribution in [-0.2, 0) is 14.3 Å². The first-order chi connectivity index (χ1) is 15.1. The summed E-state index contributed by atoms with van der Waals surface area (Å²) in [6.07, 6.45) is -1.15. The number of carbonyl (C=O) groups is 3. The topological polar surface area (TPSA) is 125 Å². The second-order valence-corrected chi connectivity index (χ2v) is 7.63. The lowest BCUT2D eigenvalue weighted by Crippen LogP contribution is -2.60. The Hall–Kier alpha value is -3.53. The molecule has 2 amide bonds. The number of carbonyl (C=O) groups excluding carboxylic acids is 2. The van der Waals surface area contributed by atoms with Crippen LogP contribution in [0.2, 0.25) is 0 Å². The van der Waals surface area contributed by atoms with E-state index in [0.29, 0.717) is 0 Å². The normalized spacial score (nSPS) is 14.6. The van der Waals surface area contributed by atoms with Crippen molar-refractivity contribution in [1.82, 2.24) is 10.6 Å². The predicted octanol–water partition coefficient (Wildman–Crippen LogP) is 2.11. The minimum atomic E-state index is -4.13. The number of carboxylic acids is 1. The second-order valence-electron chi connectivity index (χ2n) is 7.63. The number of hydrogen-bond donors (Lipinski definition) is 4. The van der Waals surface area contributed by atoms with Gasteiger partial charge in [-0.1, -0.05) is 48.5 Å². The molecular weight excluding hydrogens is 426 g/mol. The summed E-state index contributed by atoms with van der Waals surface area (Å²) in [5, 5.41) is 21.4. The monoisotopic (exact) mass is 448 g/mol. The lowest BCUT2D eigenvalue weighted by atomic mass is 9.98. The van der Waals surface area contributed by atoms with Gasteiger partial charge in [-0.25, -0.2) is 9.59 Å². The van der Waals surface area contributed by atoms with E-state index in [0.717, 1.165) is 29.2 Å². The van der Waals surface area contributed by atoms with Crippen LogP contribution in [0.4, 0.5) is 13.6 Å². The number of nitrogens with one attached hydrogen (secondary N) is 2. The van der Waals surface area contributed by atoms with Crippen LogP contribution in [0.5, 0.6) is 0 Å². The highest BCUT2D eigenvalue weighted by atomic mass is 19.3. The summed E-state index contributed by atoms with van der Waals surface area (Å²) in [4.78, 5) is 34.8. The van der Waals surface area contributed by atoms with Crippen LogP contribution in [0, 0.1) is 0 Å². The highest BCUT2D eigenvalue weighted by Crippen LogP contribution is 2.44. The lowest BCUT2D eigenvalue weighted by molar-refractivity contribution is -0.156. The van der Waals surface area contributed by atoms with Crippen molar-refractivity contribution in [2.45, 2.75) is 24.3 Å². The standard InChI is InChI=1S/C22H22F2N2O6/c1-21(12-27,19(29)30)26-18(28)22(23,24)11-25-20(31)32-10-17-15-8-4-2-6-13(15)14-7-3-5-9-16(14)17/h2-9,17,27H,10-12H2,1H3,(H,25,31)(H,26,28)(H,29,30). The van der Waals surface area contributed by atoms with Crippen LogP contribution in [0.3, 0.4) is 0 Å². The smallest absolute Gasteiger partial charge is 0.407 e. The second kappa shape index (κ2) is 8.91. The van der Waals surface area contributed by atoms with E-state index in [4.69, 9.17) is 14.9 Å². The molecule has 2 aromatic rings. The van der Waals surface area contributed by atoms with Gasteiger partial charge in [-0.3, -0.25) is 4.79 Å². The van der Waals surface area contributed by atoms with Gasteiger partial charge in [0.15, 0.2) is 5.54 Å². The van der Waals surface area contributed by atoms with Crippen molar-refractivity contribution in [1.29, 1.82) is 0 Å². The molecule has 170 valence electrons. The van der Waals surface area contributed by atoms with Crippen molar-refractivity contribution < 1.29 is 38.1 Å². The third-order valence-electron chi connectivity index (χ3n) is 5.31. The Balaban J connectivity index is 1.59. The number of hydrogen-bond acceptors (Lipinski definition) is 5. The molecular formula is C22H22F2N2O6. The van der Waals surface area contributed by atoms with Crippen LogP contribution >= 0.6 is 0 Å². The van der Waals surface area contributed by atoms with E-state index >= 15 is 0 Å². The molecule has 0 bridgehead atoms. The van der Waals surface area contributed by atoms with E-state index in [1.165, 1.54) is 0 Å². The maximum absolute atomic E-state index is 14.1. The van der Waals surface area contributed by atoms with Crippen LogP contribution in [0.25, 0.3) is 11.1 Å². The molecule has 0 aromatic heterocycles. The number of halogens is 2. The molecule has 3 rings (SSSR count). The van der Waals surface area contributed by atoms with Gasteiger partial charge in [0, 0.05) is 5.92 Å². The summed E-state index contributed by atoms with van der Waals surface area (Å²) in [5.74, 6) is -8.03. The van der Waals surface area contributed by atoms with E-state index in [1.54, 1.807) is 5.32 Å². The Kier molecular flexibility index (Phi) is 6.45. The molecule has 0 saturated carbocycles. The van der Waals surface area contributed by atoms with E-state index in [1.807, 2.05) is 53.8 Å². The molecule has 2 aromatic carbocycles. The van der Waals surface area contributed by atoms with Gasteiger partial charge >= 0.3 is 18.0 Å². The Morgan fingerprint density at radius 2 is 1.56 bits per heavy atom. The molecule has 8 nitrogen and oxygen atoms in total. The molecule has 1 atom stereocenters. The fourth-order valence-electron chi connectivity index (χ4n) is 3.42. The van der Waals surface area contributed by atoms with Crippen LogP contribution in [-0.4, -0.2) is 59.4 Å². The van der Waals surface area contributed by atoms with E-state index in [2.05, 4.69) is 0 Å². The third kappa shape index (κ3) is 4.54. The average Bonchev–Trinajstić information content (AvgIpc) is 3.09. The number of alkyl halides is 2. The molecule has 4 N–H and O–H groups in total. The fourth-order valence-corrected chi connectivity index (χ4v) is 3.42. The van der Waals surface area contributed by atoms with Crippen molar-refractivity contribution in [3.05, 3.63) is 59.7 Å². The average molecular weight is 448 g/mol. The van der Waals surface area contributed by atoms with Gasteiger partial charge in [-0.15, -0.1) is 0 Å². The van der Waals surface area contributed by atoms with Gasteiger partial charge < -0.3 is 25.6 Å². The number of rotatable bonds is 8. The number of aliphatic hydroxyl groups excluding tert-OH is 1. The molecule has 0 fully saturated rings. The number of fused-ring (bicyclic) bond motifs is 3. The van der Waals surface area contributed by atoms with Crippen molar-refractivity contribution in [3.8, 4) is 11.1 Å². The zero-order valence-corrected chi connectivity index (χ0v) is 17.1. The SMILES string of the molecule is CC(CO)(NC(=O)C(F)(F)CNC(=O)OCC1c2ccccc2-c2ccccc21)C(=O)O. The number of aliphatic hydroxyl groups is 1. The Morgan fingerprint density at radius 3 is 2.06 bits per heavy atom. The number of aliphatic carboxylic acids is 1. The van der Waals surface area contributed by atoms with Gasteiger partial charge in [0.25, 0.3) is 5.91 Å². The van der Waals surface area contributed by atoms with E-state index < -0.39 is 42.6 Å². The quantitative estimate of drug-likeness (QED) is 0.490. The van der Waals surface area contributed by atoms with Crippen molar-refractivity contribution in [2.75, 3.05) is 19.8 Å². The van der Waals surface area contributed by atoms with Gasteiger partial charge in [0.1, 0.15) is 6.61 Å². The molecule has 32 heavy (non-hydrogen) atoms. The molecule has 1 aliphatic rings. The minimum Gasteiger partial charge on any atom is -0.479 e. The molecule has 0 spiro atoms. The first-order valence-electron chi connectivity index (χ1n) is 9.72. The van der Waals surface area contributed by atoms with Gasteiger partial charge in [0.05, 0.1) is 13.2 Å². The molecule has 0 saturated heterocycles. The Labute approximate surface area is 182 Å². The molecule has 10 heteroatoms. The fraction of sp³-hybridized carbons (Fsp3) is 0.318. The molecule has 0 radical (unpaired) electrons. The van der Waals surface area contributed by atoms with Crippen LogP contribution in [0.15, 0.2) is 48.5 Å². The van der Waals surface area contributed by atoms with Crippen molar-refractivity contribution in [2.24, 2.45) is 0 Å². The highest BCUT2D eigenvalue weighted by molar-refractivity contribution is 5.90. The summed E-state index contributed by atoms with van der Waals surface area (Å²) in [6.45, 7) is -1.72. The number of benzene rings is 2. The Bertz CT molecular complexity index is 999. The zero-order chi connectivity index (χ0) is 23.5. The van der Waals surface area contributed by atoms with Gasteiger partial charge in [-0.2, -0.15) is 8.78 Å². The summed E-state index contributed by atoms with van der Waals surface area (Å²) in [5.41, 5.74) is 1.62. The minimum absolute atomic E-state index is 0.0980. The molecule has 0 heterocycles. The van der Waals surface area contributed by atoms with Gasteiger partial charge in [0.2, 0.25) is 0 Å². The Morgan fingerprint density at radius 1 is 1.03 bits per heavy atom. The van der Waals surface area contributed by atoms with E-state index in [9.17, 15) is 23.2 Å². The summed E-state index contributed by atoms with van der Waals surface area (Å²) < 4.78 is 33.3. The third-order valence-corrected chi connectivity index (χ3v) is 5.31. The summed E-state index contributed by atoms with van der Waals surface area (Å²) >= 11 is 0. The molecule has 1 aliphatic carbocycles. The number of amides is 2. The largest absolute Gasteiger partial charge is 0.479 e. The first-order valence-corrected chi connectivity index (χ1v) is 9.72. The predicted molar refractivity (Wildman–Crippen MR) is 109 cm³/mol. The van der Waals surface area contributed by atoms with Crippen molar-refractivity contribution in [3.63, 3.8) is 0 Å². The lowest BCUT2D eigenvalue weighted by Gasteiger charge is -2.26. The first kappa shape index (κ1) is 23.1. The summed E-state index contributed by atoms with van der Waals surface area (Å²) in [6, 6.07) is 15.2. The maximum Gasteiger partial charge on any atom is 0.407 e. The van der Waals surface area contributed by atoms with Crippen molar-refractivity contribution >= 4 is 18.0 Å². The van der Waals surface area contributed by atoms with Crippen LogP contribution in [0.1, 0.15) is 24.0 Å². The highest BCUT2D eigenvalue weighted by Gasteiger charge is 2.45. The van der Waals surface area contributed by atoms with Crippen LogP contribution < -0.4 is 10.6 Å². The molecule has 1 unspecified atom stereocenters. The molecule has 0 aliphatic heterocycles. The number of ether oxygens (including phenoxy) is 1. The zero-order valence-electron chi connectivity index (χ0n) is 17.1. The number of alkyl carbamates (subject to hydrolysis) is 1. The maximum atomic E-state index is 14.1. The van der Waals surface area contributed by atoms with Gasteiger partial charge in [-0.05, 0) is 29.2 Å². The number of carboxylic acid groups (broad SMARTS) is 1. The summed E-state index contributed by atoms with van der Waals surface area (Å²) in [7, 11) is 0. The van der Waals surface area contributed by atoms with E-state index in [-0.39, 0.29) is 12.5 Å².